The smallest absolute Gasteiger partial charge is 0.315 e. The Bertz CT molecular complexity index is 807. The first-order valence-electron chi connectivity index (χ1n) is 8.21. The molecule has 3 amide bonds. The van der Waals surface area contributed by atoms with Crippen LogP contribution in [0.25, 0.3) is 0 Å². The molecule has 0 heterocycles. The van der Waals surface area contributed by atoms with Gasteiger partial charge < -0.3 is 16.0 Å². The van der Waals surface area contributed by atoms with E-state index < -0.39 is 0 Å². The summed E-state index contributed by atoms with van der Waals surface area (Å²) in [4.78, 5) is 24.1. The molecule has 0 saturated carbocycles. The second kappa shape index (κ2) is 7.70. The molecule has 3 N–H and O–H groups in total. The number of urea groups is 1. The predicted octanol–water partition coefficient (Wildman–Crippen LogP) is 3.68. The van der Waals surface area contributed by atoms with Crippen molar-refractivity contribution in [1.82, 2.24) is 10.6 Å². The van der Waals surface area contributed by atoms with Gasteiger partial charge in [-0.1, -0.05) is 40.2 Å². The highest BCUT2D eigenvalue weighted by atomic mass is 79.9. The maximum absolute atomic E-state index is 12.1. The van der Waals surface area contributed by atoms with E-state index in [0.717, 1.165) is 34.1 Å². The highest BCUT2D eigenvalue weighted by Crippen LogP contribution is 2.30. The number of carbonyl (C=O) groups is 2. The van der Waals surface area contributed by atoms with Crippen molar-refractivity contribution in [1.29, 1.82) is 0 Å². The Kier molecular flexibility index (Phi) is 5.38. The van der Waals surface area contributed by atoms with Crippen LogP contribution in [-0.2, 0) is 11.2 Å². The molecule has 0 fully saturated rings. The van der Waals surface area contributed by atoms with E-state index in [2.05, 4.69) is 37.9 Å². The minimum absolute atomic E-state index is 0.00739. The Morgan fingerprint density at radius 2 is 2.00 bits per heavy atom. The van der Waals surface area contributed by atoms with Gasteiger partial charge in [-0.2, -0.15) is 0 Å². The van der Waals surface area contributed by atoms with Crippen molar-refractivity contribution in [3.63, 3.8) is 0 Å². The van der Waals surface area contributed by atoms with E-state index in [9.17, 15) is 9.59 Å². The van der Waals surface area contributed by atoms with E-state index in [1.807, 2.05) is 43.3 Å². The molecular weight excluding hydrogens is 382 g/mol. The van der Waals surface area contributed by atoms with Gasteiger partial charge in [0.1, 0.15) is 0 Å². The number of rotatable bonds is 4. The van der Waals surface area contributed by atoms with Crippen LogP contribution in [-0.4, -0.2) is 18.5 Å². The molecule has 0 aliphatic heterocycles. The number of fused-ring (bicyclic) bond motifs is 1. The van der Waals surface area contributed by atoms with Gasteiger partial charge in [0.25, 0.3) is 0 Å². The molecule has 1 aliphatic rings. The lowest BCUT2D eigenvalue weighted by molar-refractivity contribution is -0.115. The molecule has 3 rings (SSSR count). The third kappa shape index (κ3) is 4.39. The topological polar surface area (TPSA) is 70.2 Å². The monoisotopic (exact) mass is 401 g/mol. The molecule has 0 spiro atoms. The van der Waals surface area contributed by atoms with Gasteiger partial charge in [-0.3, -0.25) is 4.79 Å². The highest BCUT2D eigenvalue weighted by Gasteiger charge is 2.23. The van der Waals surface area contributed by atoms with Crippen LogP contribution in [0.1, 0.15) is 29.2 Å². The number of carbonyl (C=O) groups excluding carboxylic acids is 2. The zero-order valence-electron chi connectivity index (χ0n) is 13.9. The van der Waals surface area contributed by atoms with Crippen LogP contribution in [0.3, 0.4) is 0 Å². The lowest BCUT2D eigenvalue weighted by Gasteiger charge is -2.15. The molecule has 6 heteroatoms. The van der Waals surface area contributed by atoms with Gasteiger partial charge in [-0.05, 0) is 54.7 Å². The summed E-state index contributed by atoms with van der Waals surface area (Å²) in [5, 5.41) is 8.36. The van der Waals surface area contributed by atoms with Crippen LogP contribution in [0.5, 0.6) is 0 Å². The minimum Gasteiger partial charge on any atom is -0.331 e. The second-order valence-corrected chi connectivity index (χ2v) is 7.04. The summed E-state index contributed by atoms with van der Waals surface area (Å²) in [6.07, 6.45) is 1.85. The first-order valence-corrected chi connectivity index (χ1v) is 9.00. The number of anilines is 1. The van der Waals surface area contributed by atoms with E-state index in [4.69, 9.17) is 0 Å². The SMILES string of the molecule is Cc1cc(Br)ccc1NC(=O)CNC(=O)N[C@H]1CCc2ccccc21. The van der Waals surface area contributed by atoms with Crippen molar-refractivity contribution in [2.24, 2.45) is 0 Å². The molecule has 2 aromatic carbocycles. The van der Waals surface area contributed by atoms with Gasteiger partial charge in [-0.25, -0.2) is 4.79 Å². The summed E-state index contributed by atoms with van der Waals surface area (Å²) >= 11 is 3.39. The van der Waals surface area contributed by atoms with Crippen LogP contribution in [0.4, 0.5) is 10.5 Å². The van der Waals surface area contributed by atoms with E-state index in [1.165, 1.54) is 5.56 Å². The molecule has 0 radical (unpaired) electrons. The molecule has 130 valence electrons. The van der Waals surface area contributed by atoms with Crippen LogP contribution >= 0.6 is 15.9 Å². The summed E-state index contributed by atoms with van der Waals surface area (Å²) in [5.41, 5.74) is 4.12. The largest absolute Gasteiger partial charge is 0.331 e. The average molecular weight is 402 g/mol. The molecule has 25 heavy (non-hydrogen) atoms. The number of amides is 3. The van der Waals surface area contributed by atoms with Gasteiger partial charge in [0, 0.05) is 10.2 Å². The zero-order valence-corrected chi connectivity index (χ0v) is 15.5. The first kappa shape index (κ1) is 17.5. The van der Waals surface area contributed by atoms with Crippen LogP contribution in [0.15, 0.2) is 46.9 Å². The Balaban J connectivity index is 1.48. The Morgan fingerprint density at radius 3 is 2.80 bits per heavy atom. The molecule has 0 bridgehead atoms. The third-order valence-electron chi connectivity index (χ3n) is 4.31. The summed E-state index contributed by atoms with van der Waals surface area (Å²) in [6.45, 7) is 1.84. The van der Waals surface area contributed by atoms with Crippen molar-refractivity contribution in [3.05, 3.63) is 63.6 Å². The van der Waals surface area contributed by atoms with Crippen molar-refractivity contribution in [2.45, 2.75) is 25.8 Å². The summed E-state index contributed by atoms with van der Waals surface area (Å²) in [7, 11) is 0. The Morgan fingerprint density at radius 1 is 1.20 bits per heavy atom. The maximum atomic E-state index is 12.1. The van der Waals surface area contributed by atoms with Gasteiger partial charge >= 0.3 is 6.03 Å². The molecule has 1 atom stereocenters. The third-order valence-corrected chi connectivity index (χ3v) is 4.80. The predicted molar refractivity (Wildman–Crippen MR) is 102 cm³/mol. The maximum Gasteiger partial charge on any atom is 0.315 e. The number of halogens is 1. The summed E-state index contributed by atoms with van der Waals surface area (Å²) < 4.78 is 0.956. The molecular formula is C19H20BrN3O2. The molecule has 2 aromatic rings. The highest BCUT2D eigenvalue weighted by molar-refractivity contribution is 9.10. The Labute approximate surface area is 155 Å². The molecule has 1 aliphatic carbocycles. The van der Waals surface area contributed by atoms with Crippen molar-refractivity contribution >= 4 is 33.6 Å². The average Bonchev–Trinajstić information content (AvgIpc) is 2.99. The van der Waals surface area contributed by atoms with Crippen molar-refractivity contribution in [2.75, 3.05) is 11.9 Å². The summed E-state index contributed by atoms with van der Waals surface area (Å²) in [5.74, 6) is -0.257. The van der Waals surface area contributed by atoms with Crippen LogP contribution < -0.4 is 16.0 Å². The van der Waals surface area contributed by atoms with Crippen molar-refractivity contribution < 1.29 is 9.59 Å². The van der Waals surface area contributed by atoms with Gasteiger partial charge in [0.15, 0.2) is 0 Å². The minimum atomic E-state index is -0.329. The van der Waals surface area contributed by atoms with Gasteiger partial charge in [-0.15, -0.1) is 0 Å². The van der Waals surface area contributed by atoms with E-state index in [1.54, 1.807) is 0 Å². The fraction of sp³-hybridized carbons (Fsp3) is 0.263. The lowest BCUT2D eigenvalue weighted by atomic mass is 10.1. The van der Waals surface area contributed by atoms with Gasteiger partial charge in [0.2, 0.25) is 5.91 Å². The number of aryl methyl sites for hydroxylation is 2. The van der Waals surface area contributed by atoms with E-state index >= 15 is 0 Å². The first-order chi connectivity index (χ1) is 12.0. The number of hydrogen-bond donors (Lipinski definition) is 3. The summed E-state index contributed by atoms with van der Waals surface area (Å²) in [6, 6.07) is 13.4. The molecule has 5 nitrogen and oxygen atoms in total. The molecule has 0 aromatic heterocycles. The molecule has 0 saturated heterocycles. The zero-order chi connectivity index (χ0) is 17.8. The fourth-order valence-corrected chi connectivity index (χ4v) is 3.51. The normalized spacial score (nSPS) is 15.4. The standard InChI is InChI=1S/C19H20BrN3O2/c1-12-10-14(20)7-9-16(12)22-18(24)11-21-19(25)23-17-8-6-13-4-2-3-5-15(13)17/h2-5,7,9-10,17H,6,8,11H2,1H3,(H,22,24)(H2,21,23,25)/t17-/m0/s1. The molecule has 0 unspecified atom stereocenters. The van der Waals surface area contributed by atoms with Crippen molar-refractivity contribution in [3.8, 4) is 0 Å². The number of benzene rings is 2. The lowest BCUT2D eigenvalue weighted by Crippen LogP contribution is -2.41. The quantitative estimate of drug-likeness (QED) is 0.730. The number of hydrogen-bond acceptors (Lipinski definition) is 2. The van der Waals surface area contributed by atoms with Crippen LogP contribution in [0.2, 0.25) is 0 Å². The fourth-order valence-electron chi connectivity index (χ4n) is 3.04. The Hall–Kier alpha value is -2.34. The second-order valence-electron chi connectivity index (χ2n) is 6.12. The van der Waals surface area contributed by atoms with Crippen LogP contribution in [0, 0.1) is 6.92 Å². The number of nitrogens with one attached hydrogen (secondary N) is 3. The van der Waals surface area contributed by atoms with Gasteiger partial charge in [0.05, 0.1) is 12.6 Å². The van der Waals surface area contributed by atoms with E-state index in [-0.39, 0.29) is 24.5 Å². The van der Waals surface area contributed by atoms with E-state index in [0.29, 0.717) is 0 Å².